The van der Waals surface area contributed by atoms with Crippen molar-refractivity contribution in [3.63, 3.8) is 0 Å². The molecule has 0 atom stereocenters. The number of carbonyl (C=O) groups excluding carboxylic acids is 1. The normalized spacial score (nSPS) is 10.7. The number of guanidine groups is 1. The second kappa shape index (κ2) is 11.9. The first-order valence-electron chi connectivity index (χ1n) is 8.05. The third-order valence-corrected chi connectivity index (χ3v) is 4.34. The minimum absolute atomic E-state index is 0. The van der Waals surface area contributed by atoms with E-state index in [1.165, 1.54) is 4.88 Å². The molecule has 2 aromatic rings. The average Bonchev–Trinajstić information content (AvgIpc) is 3.11. The summed E-state index contributed by atoms with van der Waals surface area (Å²) in [5, 5.41) is 8.16. The quantitative estimate of drug-likeness (QED) is 0.369. The van der Waals surface area contributed by atoms with E-state index in [9.17, 15) is 4.79 Å². The predicted molar refractivity (Wildman–Crippen MR) is 117 cm³/mol. The fourth-order valence-corrected chi connectivity index (χ4v) is 2.88. The molecule has 0 unspecified atom stereocenters. The number of hydrogen-bond donors (Lipinski definition) is 2. The Kier molecular flexibility index (Phi) is 10.2. The van der Waals surface area contributed by atoms with E-state index in [1.807, 2.05) is 44.3 Å². The van der Waals surface area contributed by atoms with E-state index in [0.717, 1.165) is 31.2 Å². The molecule has 0 saturated heterocycles. The summed E-state index contributed by atoms with van der Waals surface area (Å²) in [6.07, 6.45) is 0.967. The highest BCUT2D eigenvalue weighted by Crippen LogP contribution is 2.09. The van der Waals surface area contributed by atoms with Crippen LogP contribution < -0.4 is 10.6 Å². The first-order chi connectivity index (χ1) is 11.7. The topological polar surface area (TPSA) is 56.7 Å². The number of amides is 1. The Morgan fingerprint density at radius 3 is 2.60 bits per heavy atom. The largest absolute Gasteiger partial charge is 0.357 e. The standard InChI is InChI=1S/C18H24N4OS.HI/c1-3-19-18(22(2)12-11-16-10-7-13-24-16)20-14-17(23)21-15-8-5-4-6-9-15;/h4-10,13H,3,11-12,14H2,1-2H3,(H,19,20)(H,21,23);1H. The Balaban J connectivity index is 0.00000312. The van der Waals surface area contributed by atoms with E-state index in [4.69, 9.17) is 0 Å². The molecule has 0 aliphatic rings. The Bertz CT molecular complexity index is 646. The fourth-order valence-electron chi connectivity index (χ4n) is 2.18. The van der Waals surface area contributed by atoms with Gasteiger partial charge in [-0.05, 0) is 36.9 Å². The van der Waals surface area contributed by atoms with Crippen LogP contribution in [0.4, 0.5) is 5.69 Å². The lowest BCUT2D eigenvalue weighted by atomic mass is 10.3. The van der Waals surface area contributed by atoms with Crippen molar-refractivity contribution in [1.82, 2.24) is 10.2 Å². The number of anilines is 1. The van der Waals surface area contributed by atoms with E-state index in [-0.39, 0.29) is 36.4 Å². The molecule has 1 amide bonds. The highest BCUT2D eigenvalue weighted by Gasteiger charge is 2.08. The van der Waals surface area contributed by atoms with Gasteiger partial charge in [0.25, 0.3) is 0 Å². The molecule has 25 heavy (non-hydrogen) atoms. The summed E-state index contributed by atoms with van der Waals surface area (Å²) in [5.41, 5.74) is 0.786. The van der Waals surface area contributed by atoms with E-state index in [0.29, 0.717) is 0 Å². The summed E-state index contributed by atoms with van der Waals surface area (Å²) in [7, 11) is 1.99. The van der Waals surface area contributed by atoms with Crippen molar-refractivity contribution >= 4 is 52.9 Å². The lowest BCUT2D eigenvalue weighted by Gasteiger charge is -2.21. The van der Waals surface area contributed by atoms with E-state index in [2.05, 4.69) is 38.0 Å². The number of thiophene rings is 1. The monoisotopic (exact) mass is 472 g/mol. The molecule has 0 fully saturated rings. The molecule has 1 aromatic heterocycles. The summed E-state index contributed by atoms with van der Waals surface area (Å²) < 4.78 is 0. The minimum atomic E-state index is -0.122. The minimum Gasteiger partial charge on any atom is -0.357 e. The maximum atomic E-state index is 12.0. The molecule has 1 heterocycles. The number of aliphatic imine (C=N–C) groups is 1. The van der Waals surface area contributed by atoms with Crippen LogP contribution >= 0.6 is 35.3 Å². The average molecular weight is 472 g/mol. The van der Waals surface area contributed by atoms with Gasteiger partial charge in [0.15, 0.2) is 5.96 Å². The molecule has 0 aliphatic carbocycles. The van der Waals surface area contributed by atoms with Crippen molar-refractivity contribution in [3.8, 4) is 0 Å². The molecule has 2 N–H and O–H groups in total. The Morgan fingerprint density at radius 2 is 1.96 bits per heavy atom. The number of benzene rings is 1. The van der Waals surface area contributed by atoms with Gasteiger partial charge < -0.3 is 15.5 Å². The van der Waals surface area contributed by atoms with Crippen LogP contribution in [0.3, 0.4) is 0 Å². The zero-order valence-electron chi connectivity index (χ0n) is 14.6. The van der Waals surface area contributed by atoms with Crippen molar-refractivity contribution in [2.45, 2.75) is 13.3 Å². The van der Waals surface area contributed by atoms with Gasteiger partial charge in [0, 0.05) is 30.7 Å². The SMILES string of the molecule is CCNC(=NCC(=O)Nc1ccccc1)N(C)CCc1cccs1.I. The van der Waals surface area contributed by atoms with Gasteiger partial charge in [-0.1, -0.05) is 24.3 Å². The molecular weight excluding hydrogens is 447 g/mol. The van der Waals surface area contributed by atoms with Gasteiger partial charge in [0.05, 0.1) is 0 Å². The first kappa shape index (κ1) is 21.4. The number of rotatable bonds is 7. The van der Waals surface area contributed by atoms with Crippen molar-refractivity contribution in [1.29, 1.82) is 0 Å². The van der Waals surface area contributed by atoms with Crippen LogP contribution in [0.5, 0.6) is 0 Å². The third-order valence-electron chi connectivity index (χ3n) is 3.40. The first-order valence-corrected chi connectivity index (χ1v) is 8.93. The van der Waals surface area contributed by atoms with Gasteiger partial charge in [-0.2, -0.15) is 0 Å². The predicted octanol–water partition coefficient (Wildman–Crippen LogP) is 3.44. The van der Waals surface area contributed by atoms with Crippen molar-refractivity contribution in [2.75, 3.05) is 32.0 Å². The molecule has 5 nitrogen and oxygen atoms in total. The maximum Gasteiger partial charge on any atom is 0.246 e. The number of nitrogens with zero attached hydrogens (tertiary/aromatic N) is 2. The number of carbonyl (C=O) groups is 1. The molecular formula is C18H25IN4OS. The molecule has 0 saturated carbocycles. The molecule has 0 radical (unpaired) electrons. The van der Waals surface area contributed by atoms with Gasteiger partial charge in [-0.3, -0.25) is 4.79 Å². The zero-order valence-corrected chi connectivity index (χ0v) is 17.7. The van der Waals surface area contributed by atoms with E-state index in [1.54, 1.807) is 11.3 Å². The van der Waals surface area contributed by atoms with Gasteiger partial charge in [0.2, 0.25) is 5.91 Å². The molecule has 2 rings (SSSR count). The number of likely N-dealkylation sites (N-methyl/N-ethyl adjacent to an activating group) is 1. The summed E-state index contributed by atoms with van der Waals surface area (Å²) in [5.74, 6) is 0.625. The molecule has 0 aliphatic heterocycles. The van der Waals surface area contributed by atoms with Gasteiger partial charge in [-0.25, -0.2) is 4.99 Å². The number of para-hydroxylation sites is 1. The van der Waals surface area contributed by atoms with E-state index < -0.39 is 0 Å². The smallest absolute Gasteiger partial charge is 0.246 e. The molecule has 0 bridgehead atoms. The summed E-state index contributed by atoms with van der Waals surface area (Å²) in [6.45, 7) is 3.74. The number of nitrogens with one attached hydrogen (secondary N) is 2. The lowest BCUT2D eigenvalue weighted by Crippen LogP contribution is -2.40. The fraction of sp³-hybridized carbons (Fsp3) is 0.333. The van der Waals surface area contributed by atoms with Crippen LogP contribution in [-0.4, -0.2) is 43.4 Å². The van der Waals surface area contributed by atoms with Crippen LogP contribution in [0.2, 0.25) is 0 Å². The second-order valence-electron chi connectivity index (χ2n) is 5.34. The van der Waals surface area contributed by atoms with Crippen LogP contribution in [-0.2, 0) is 11.2 Å². The van der Waals surface area contributed by atoms with Crippen molar-refractivity contribution < 1.29 is 4.79 Å². The second-order valence-corrected chi connectivity index (χ2v) is 6.37. The molecule has 7 heteroatoms. The summed E-state index contributed by atoms with van der Waals surface area (Å²) in [4.78, 5) is 19.9. The van der Waals surface area contributed by atoms with Crippen LogP contribution in [0.25, 0.3) is 0 Å². The lowest BCUT2D eigenvalue weighted by molar-refractivity contribution is -0.114. The number of hydrogen-bond acceptors (Lipinski definition) is 3. The molecule has 0 spiro atoms. The van der Waals surface area contributed by atoms with Crippen LogP contribution in [0, 0.1) is 0 Å². The highest BCUT2D eigenvalue weighted by molar-refractivity contribution is 14.0. The van der Waals surface area contributed by atoms with Crippen LogP contribution in [0.1, 0.15) is 11.8 Å². The molecule has 1 aromatic carbocycles. The Morgan fingerprint density at radius 1 is 1.20 bits per heavy atom. The Labute approximate surface area is 170 Å². The van der Waals surface area contributed by atoms with E-state index >= 15 is 0 Å². The van der Waals surface area contributed by atoms with Gasteiger partial charge >= 0.3 is 0 Å². The third kappa shape index (κ3) is 7.87. The van der Waals surface area contributed by atoms with Gasteiger partial charge in [-0.15, -0.1) is 35.3 Å². The van der Waals surface area contributed by atoms with Crippen molar-refractivity contribution in [2.24, 2.45) is 4.99 Å². The maximum absolute atomic E-state index is 12.0. The summed E-state index contributed by atoms with van der Waals surface area (Å²) in [6, 6.07) is 13.6. The highest BCUT2D eigenvalue weighted by atomic mass is 127. The molecule has 136 valence electrons. The van der Waals surface area contributed by atoms with Crippen LogP contribution in [0.15, 0.2) is 52.8 Å². The summed E-state index contributed by atoms with van der Waals surface area (Å²) >= 11 is 1.76. The van der Waals surface area contributed by atoms with Crippen molar-refractivity contribution in [3.05, 3.63) is 52.7 Å². The van der Waals surface area contributed by atoms with Gasteiger partial charge in [0.1, 0.15) is 6.54 Å². The Hall–Kier alpha value is -1.61. The number of halogens is 1. The zero-order chi connectivity index (χ0) is 17.2.